The van der Waals surface area contributed by atoms with Gasteiger partial charge in [-0.3, -0.25) is 4.79 Å². The number of rotatable bonds is 8. The standard InChI is InChI=1S/C19H30N2O3/c1-3-21(19(23)15-22)14-17-7-5-10-20(13-17)11-9-16-6-4-8-18(12-16)24-2/h4,6,8,12,17,22H,3,5,7,9-11,13-15H2,1-2H3. The van der Waals surface area contributed by atoms with Crippen LogP contribution in [-0.2, 0) is 11.2 Å². The van der Waals surface area contributed by atoms with Gasteiger partial charge in [-0.2, -0.15) is 0 Å². The zero-order chi connectivity index (χ0) is 17.4. The predicted molar refractivity (Wildman–Crippen MR) is 95.2 cm³/mol. The molecular weight excluding hydrogens is 304 g/mol. The number of amides is 1. The van der Waals surface area contributed by atoms with Crippen molar-refractivity contribution < 1.29 is 14.6 Å². The number of likely N-dealkylation sites (tertiary alicyclic amines) is 1. The molecule has 1 heterocycles. The molecule has 1 amide bonds. The molecule has 0 saturated carbocycles. The Morgan fingerprint density at radius 3 is 3.00 bits per heavy atom. The second-order valence-corrected chi connectivity index (χ2v) is 6.50. The lowest BCUT2D eigenvalue weighted by Gasteiger charge is -2.35. The van der Waals surface area contributed by atoms with Crippen LogP contribution in [0.1, 0.15) is 25.3 Å². The number of piperidine rings is 1. The quantitative estimate of drug-likeness (QED) is 0.787. The molecule has 1 atom stereocenters. The van der Waals surface area contributed by atoms with Crippen LogP contribution in [0.25, 0.3) is 0 Å². The summed E-state index contributed by atoms with van der Waals surface area (Å²) < 4.78 is 5.28. The van der Waals surface area contributed by atoms with Crippen LogP contribution in [0.3, 0.4) is 0 Å². The summed E-state index contributed by atoms with van der Waals surface area (Å²) in [7, 11) is 1.70. The molecule has 1 aliphatic rings. The smallest absolute Gasteiger partial charge is 0.248 e. The third-order valence-electron chi connectivity index (χ3n) is 4.80. The van der Waals surface area contributed by atoms with Crippen LogP contribution >= 0.6 is 0 Å². The molecule has 1 N–H and O–H groups in total. The van der Waals surface area contributed by atoms with Gasteiger partial charge in [0.2, 0.25) is 5.91 Å². The Labute approximate surface area is 145 Å². The van der Waals surface area contributed by atoms with E-state index in [1.54, 1.807) is 12.0 Å². The normalized spacial score (nSPS) is 18.4. The van der Waals surface area contributed by atoms with Crippen molar-refractivity contribution in [2.24, 2.45) is 5.92 Å². The molecule has 1 unspecified atom stereocenters. The molecule has 0 aliphatic carbocycles. The highest BCUT2D eigenvalue weighted by Crippen LogP contribution is 2.19. The fourth-order valence-corrected chi connectivity index (χ4v) is 3.44. The maximum absolute atomic E-state index is 11.7. The van der Waals surface area contributed by atoms with Crippen molar-refractivity contribution >= 4 is 5.91 Å². The Hall–Kier alpha value is -1.59. The molecule has 0 aromatic heterocycles. The van der Waals surface area contributed by atoms with Crippen molar-refractivity contribution in [2.75, 3.05) is 46.4 Å². The molecule has 134 valence electrons. The van der Waals surface area contributed by atoms with E-state index in [0.29, 0.717) is 12.5 Å². The summed E-state index contributed by atoms with van der Waals surface area (Å²) in [5.41, 5.74) is 1.29. The molecule has 1 aliphatic heterocycles. The zero-order valence-electron chi connectivity index (χ0n) is 14.9. The van der Waals surface area contributed by atoms with Gasteiger partial charge in [0.05, 0.1) is 7.11 Å². The van der Waals surface area contributed by atoms with Gasteiger partial charge in [-0.15, -0.1) is 0 Å². The van der Waals surface area contributed by atoms with Crippen molar-refractivity contribution in [3.63, 3.8) is 0 Å². The number of ether oxygens (including phenoxy) is 1. The number of carbonyl (C=O) groups excluding carboxylic acids is 1. The largest absolute Gasteiger partial charge is 0.497 e. The SMILES string of the molecule is CCN(CC1CCCN(CCc2cccc(OC)c2)C1)C(=O)CO. The lowest BCUT2D eigenvalue weighted by molar-refractivity contribution is -0.134. The number of methoxy groups -OCH3 is 1. The van der Waals surface area contributed by atoms with E-state index in [-0.39, 0.29) is 12.5 Å². The lowest BCUT2D eigenvalue weighted by atomic mass is 9.97. The second kappa shape index (κ2) is 9.64. The van der Waals surface area contributed by atoms with E-state index in [1.807, 2.05) is 19.1 Å². The van der Waals surface area contributed by atoms with E-state index in [0.717, 1.165) is 44.8 Å². The Balaban J connectivity index is 1.83. The number of aliphatic hydroxyl groups is 1. The van der Waals surface area contributed by atoms with E-state index < -0.39 is 0 Å². The minimum absolute atomic E-state index is 0.161. The number of aliphatic hydroxyl groups excluding tert-OH is 1. The number of likely N-dealkylation sites (N-methyl/N-ethyl adjacent to an activating group) is 1. The summed E-state index contributed by atoms with van der Waals surface area (Å²) in [6.07, 6.45) is 3.34. The highest BCUT2D eigenvalue weighted by Gasteiger charge is 2.23. The summed E-state index contributed by atoms with van der Waals surface area (Å²) in [6, 6.07) is 8.24. The van der Waals surface area contributed by atoms with Crippen LogP contribution in [0.2, 0.25) is 0 Å². The Kier molecular flexibility index (Phi) is 7.53. The van der Waals surface area contributed by atoms with Gasteiger partial charge in [-0.05, 0) is 56.3 Å². The van der Waals surface area contributed by atoms with Crippen molar-refractivity contribution in [1.82, 2.24) is 9.80 Å². The van der Waals surface area contributed by atoms with E-state index >= 15 is 0 Å². The monoisotopic (exact) mass is 334 g/mol. The summed E-state index contributed by atoms with van der Waals surface area (Å²) >= 11 is 0. The molecule has 0 bridgehead atoms. The van der Waals surface area contributed by atoms with Crippen molar-refractivity contribution in [2.45, 2.75) is 26.2 Å². The molecule has 2 rings (SSSR count). The Bertz CT molecular complexity index is 521. The Morgan fingerprint density at radius 2 is 2.29 bits per heavy atom. The van der Waals surface area contributed by atoms with Crippen LogP contribution in [0, 0.1) is 5.92 Å². The number of hydrogen-bond acceptors (Lipinski definition) is 4. The van der Waals surface area contributed by atoms with Crippen LogP contribution in [0.15, 0.2) is 24.3 Å². The fourth-order valence-electron chi connectivity index (χ4n) is 3.44. The van der Waals surface area contributed by atoms with Gasteiger partial charge in [0.15, 0.2) is 0 Å². The molecule has 1 aromatic rings. The predicted octanol–water partition coefficient (Wildman–Crippen LogP) is 1.79. The molecule has 24 heavy (non-hydrogen) atoms. The van der Waals surface area contributed by atoms with Crippen LogP contribution in [0.5, 0.6) is 5.75 Å². The fraction of sp³-hybridized carbons (Fsp3) is 0.632. The van der Waals surface area contributed by atoms with E-state index in [2.05, 4.69) is 17.0 Å². The van der Waals surface area contributed by atoms with Crippen molar-refractivity contribution in [3.05, 3.63) is 29.8 Å². The minimum Gasteiger partial charge on any atom is -0.497 e. The molecule has 0 spiro atoms. The first-order valence-electron chi connectivity index (χ1n) is 8.90. The molecule has 5 heteroatoms. The van der Waals surface area contributed by atoms with Gasteiger partial charge in [-0.25, -0.2) is 0 Å². The number of hydrogen-bond donors (Lipinski definition) is 1. The lowest BCUT2D eigenvalue weighted by Crippen LogP contribution is -2.44. The number of nitrogens with zero attached hydrogens (tertiary/aromatic N) is 2. The second-order valence-electron chi connectivity index (χ2n) is 6.50. The molecular formula is C19H30N2O3. The van der Waals surface area contributed by atoms with Crippen LogP contribution < -0.4 is 4.74 Å². The Morgan fingerprint density at radius 1 is 1.46 bits per heavy atom. The van der Waals surface area contributed by atoms with Crippen LogP contribution in [-0.4, -0.2) is 67.3 Å². The number of carbonyl (C=O) groups is 1. The maximum Gasteiger partial charge on any atom is 0.248 e. The third-order valence-corrected chi connectivity index (χ3v) is 4.80. The zero-order valence-corrected chi connectivity index (χ0v) is 14.9. The molecule has 1 aromatic carbocycles. The van der Waals surface area contributed by atoms with Gasteiger partial charge in [0.1, 0.15) is 12.4 Å². The van der Waals surface area contributed by atoms with E-state index in [4.69, 9.17) is 9.84 Å². The maximum atomic E-state index is 11.7. The molecule has 1 saturated heterocycles. The first kappa shape index (κ1) is 18.7. The summed E-state index contributed by atoms with van der Waals surface area (Å²) in [6.45, 7) is 6.19. The number of benzene rings is 1. The van der Waals surface area contributed by atoms with Gasteiger partial charge < -0.3 is 19.6 Å². The average Bonchev–Trinajstić information content (AvgIpc) is 2.64. The average molecular weight is 334 g/mol. The molecule has 5 nitrogen and oxygen atoms in total. The van der Waals surface area contributed by atoms with Gasteiger partial charge >= 0.3 is 0 Å². The van der Waals surface area contributed by atoms with E-state index in [9.17, 15) is 4.79 Å². The van der Waals surface area contributed by atoms with Crippen molar-refractivity contribution in [3.8, 4) is 5.75 Å². The first-order valence-corrected chi connectivity index (χ1v) is 8.90. The minimum atomic E-state index is -0.389. The highest BCUT2D eigenvalue weighted by molar-refractivity contribution is 5.77. The van der Waals surface area contributed by atoms with Gasteiger partial charge in [0.25, 0.3) is 0 Å². The van der Waals surface area contributed by atoms with Gasteiger partial charge in [0, 0.05) is 26.2 Å². The summed E-state index contributed by atoms with van der Waals surface area (Å²) in [5.74, 6) is 1.25. The third kappa shape index (κ3) is 5.49. The van der Waals surface area contributed by atoms with Gasteiger partial charge in [-0.1, -0.05) is 12.1 Å². The summed E-state index contributed by atoms with van der Waals surface area (Å²) in [4.78, 5) is 16.0. The highest BCUT2D eigenvalue weighted by atomic mass is 16.5. The van der Waals surface area contributed by atoms with Crippen molar-refractivity contribution in [1.29, 1.82) is 0 Å². The summed E-state index contributed by atoms with van der Waals surface area (Å²) in [5, 5.41) is 9.06. The molecule has 1 fully saturated rings. The first-order chi connectivity index (χ1) is 11.7. The topological polar surface area (TPSA) is 53.0 Å². The van der Waals surface area contributed by atoms with E-state index in [1.165, 1.54) is 12.0 Å². The molecule has 0 radical (unpaired) electrons. The van der Waals surface area contributed by atoms with Crippen LogP contribution in [0.4, 0.5) is 0 Å².